The van der Waals surface area contributed by atoms with Crippen molar-refractivity contribution in [3.8, 4) is 0 Å². The van der Waals surface area contributed by atoms with E-state index in [1.54, 1.807) is 6.92 Å². The van der Waals surface area contributed by atoms with Gasteiger partial charge in [0.2, 0.25) is 5.91 Å². The van der Waals surface area contributed by atoms with Crippen molar-refractivity contribution in [3.63, 3.8) is 0 Å². The molecule has 6 nitrogen and oxygen atoms in total. The molecule has 16 heavy (non-hydrogen) atoms. The molecule has 0 aromatic carbocycles. The Kier molecular flexibility index (Phi) is 2.28. The molecule has 2 fully saturated rings. The Balaban J connectivity index is 2.50. The van der Waals surface area contributed by atoms with E-state index in [4.69, 9.17) is 5.11 Å². The molecule has 7 heteroatoms. The fraction of sp³-hybridized carbons (Fsp3) is 0.778. The number of carbonyl (C=O) groups is 2. The molecule has 2 saturated heterocycles. The molecule has 1 unspecified atom stereocenters. The second kappa shape index (κ2) is 3.12. The largest absolute Gasteiger partial charge is 0.480 e. The van der Waals surface area contributed by atoms with E-state index in [0.29, 0.717) is 6.42 Å². The summed E-state index contributed by atoms with van der Waals surface area (Å²) in [7, 11) is -3.08. The summed E-state index contributed by atoms with van der Waals surface area (Å²) >= 11 is 0. The number of fused-ring (bicyclic) bond motifs is 1. The van der Waals surface area contributed by atoms with E-state index in [0.717, 1.165) is 4.90 Å². The summed E-state index contributed by atoms with van der Waals surface area (Å²) in [6.45, 7) is 3.24. The number of rotatable bonds is 2. The third-order valence-corrected chi connectivity index (χ3v) is 6.84. The lowest BCUT2D eigenvalue weighted by Crippen LogP contribution is -2.57. The van der Waals surface area contributed by atoms with Crippen molar-refractivity contribution < 1.29 is 23.8 Å². The van der Waals surface area contributed by atoms with Crippen LogP contribution in [0.4, 0.5) is 0 Å². The molecule has 2 aliphatic rings. The van der Waals surface area contributed by atoms with Gasteiger partial charge in [0.1, 0.15) is 5.37 Å². The summed E-state index contributed by atoms with van der Waals surface area (Å²) in [4.78, 5) is 23.7. The lowest BCUT2D eigenvalue weighted by molar-refractivity contribution is -0.157. The highest BCUT2D eigenvalue weighted by Crippen LogP contribution is 2.69. The van der Waals surface area contributed by atoms with E-state index in [1.807, 2.05) is 0 Å². The van der Waals surface area contributed by atoms with Crippen molar-refractivity contribution in [3.05, 3.63) is 0 Å². The minimum Gasteiger partial charge on any atom is -0.480 e. The SMILES string of the molecule is CC[C@@]1(C)[C@H](C(=O)O)N2C(=O)CC2S1(O)O. The first-order chi connectivity index (χ1) is 7.27. The Morgan fingerprint density at radius 3 is 2.56 bits per heavy atom. The summed E-state index contributed by atoms with van der Waals surface area (Å²) in [5.41, 5.74) is 0. The van der Waals surface area contributed by atoms with Gasteiger partial charge in [0.25, 0.3) is 0 Å². The third kappa shape index (κ3) is 1.05. The molecule has 0 spiro atoms. The molecule has 0 aromatic rings. The van der Waals surface area contributed by atoms with Gasteiger partial charge in [0.05, 0.1) is 11.2 Å². The van der Waals surface area contributed by atoms with Crippen LogP contribution in [-0.4, -0.2) is 47.2 Å². The lowest BCUT2D eigenvalue weighted by Gasteiger charge is -2.47. The van der Waals surface area contributed by atoms with Crippen LogP contribution in [0.15, 0.2) is 0 Å². The molecular formula is C9H15NO5S. The number of carboxylic acid groups (broad SMARTS) is 1. The van der Waals surface area contributed by atoms with Crippen LogP contribution in [0, 0.1) is 0 Å². The smallest absolute Gasteiger partial charge is 0.328 e. The number of β-lactam (4-membered cyclic amide) rings is 1. The van der Waals surface area contributed by atoms with Crippen molar-refractivity contribution in [1.29, 1.82) is 0 Å². The zero-order chi connectivity index (χ0) is 12.3. The van der Waals surface area contributed by atoms with Crippen LogP contribution in [0.5, 0.6) is 0 Å². The number of amides is 1. The van der Waals surface area contributed by atoms with Gasteiger partial charge in [-0.05, 0) is 13.3 Å². The Bertz CT molecular complexity index is 371. The Morgan fingerprint density at radius 2 is 2.19 bits per heavy atom. The minimum atomic E-state index is -3.08. The van der Waals surface area contributed by atoms with E-state index < -0.39 is 32.7 Å². The predicted molar refractivity (Wildman–Crippen MR) is 58.2 cm³/mol. The van der Waals surface area contributed by atoms with Crippen LogP contribution in [0.1, 0.15) is 26.7 Å². The quantitative estimate of drug-likeness (QED) is 0.632. The Labute approximate surface area is 94.6 Å². The molecule has 2 aliphatic heterocycles. The number of aliphatic carboxylic acids is 1. The first-order valence-corrected chi connectivity index (χ1v) is 6.69. The van der Waals surface area contributed by atoms with Gasteiger partial charge in [-0.15, -0.1) is 0 Å². The fourth-order valence-corrected chi connectivity index (χ4v) is 5.06. The lowest BCUT2D eigenvalue weighted by atomic mass is 9.94. The standard InChI is InChI=1S/C9H15NO5S/c1-3-9(2)7(8(12)13)10-5(11)4-6(10)16(9,14)15/h6-7,14-15H,3-4H2,1-2H3,(H,12,13)/t6?,7-,9-/m0/s1. The number of hydrogen-bond acceptors (Lipinski definition) is 4. The van der Waals surface area contributed by atoms with E-state index in [1.165, 1.54) is 6.92 Å². The first kappa shape index (κ1) is 11.7. The normalized spacial score (nSPS) is 42.5. The van der Waals surface area contributed by atoms with E-state index in [-0.39, 0.29) is 12.3 Å². The molecule has 0 aliphatic carbocycles. The Morgan fingerprint density at radius 1 is 1.62 bits per heavy atom. The number of nitrogens with zero attached hydrogens (tertiary/aromatic N) is 1. The topological polar surface area (TPSA) is 98.1 Å². The molecule has 3 N–H and O–H groups in total. The highest BCUT2D eigenvalue weighted by molar-refractivity contribution is 8.26. The van der Waals surface area contributed by atoms with Crippen LogP contribution in [0.2, 0.25) is 0 Å². The fourth-order valence-electron chi connectivity index (χ4n) is 2.54. The molecule has 0 aromatic heterocycles. The zero-order valence-corrected chi connectivity index (χ0v) is 9.90. The molecule has 0 bridgehead atoms. The molecule has 1 amide bonds. The van der Waals surface area contributed by atoms with Gasteiger partial charge in [-0.2, -0.15) is 10.6 Å². The monoisotopic (exact) mass is 249 g/mol. The molecule has 0 radical (unpaired) electrons. The van der Waals surface area contributed by atoms with Gasteiger partial charge in [-0.25, -0.2) is 4.79 Å². The maximum absolute atomic E-state index is 11.4. The summed E-state index contributed by atoms with van der Waals surface area (Å²) in [6.07, 6.45) is 0.355. The molecular weight excluding hydrogens is 234 g/mol. The molecule has 2 heterocycles. The Hall–Kier alpha value is -0.790. The molecule has 3 atom stereocenters. The number of carbonyl (C=O) groups excluding carboxylic acids is 1. The summed E-state index contributed by atoms with van der Waals surface area (Å²) in [5, 5.41) is 8.45. The van der Waals surface area contributed by atoms with Crippen LogP contribution in [-0.2, 0) is 9.59 Å². The molecule has 2 rings (SSSR count). The van der Waals surface area contributed by atoms with Crippen LogP contribution >= 0.6 is 10.6 Å². The maximum Gasteiger partial charge on any atom is 0.328 e. The summed E-state index contributed by atoms with van der Waals surface area (Å²) in [5.74, 6) is -1.48. The van der Waals surface area contributed by atoms with Gasteiger partial charge >= 0.3 is 5.97 Å². The summed E-state index contributed by atoms with van der Waals surface area (Å²) in [6, 6.07) is -1.12. The molecule has 92 valence electrons. The summed E-state index contributed by atoms with van der Waals surface area (Å²) < 4.78 is 19.1. The minimum absolute atomic E-state index is 0.0434. The van der Waals surface area contributed by atoms with E-state index in [2.05, 4.69) is 0 Å². The van der Waals surface area contributed by atoms with E-state index in [9.17, 15) is 18.7 Å². The predicted octanol–water partition coefficient (Wildman–Crippen LogP) is 0.931. The van der Waals surface area contributed by atoms with Gasteiger partial charge in [0.15, 0.2) is 6.04 Å². The van der Waals surface area contributed by atoms with Crippen molar-refractivity contribution >= 4 is 22.5 Å². The van der Waals surface area contributed by atoms with Crippen LogP contribution in [0.3, 0.4) is 0 Å². The van der Waals surface area contributed by atoms with Crippen LogP contribution in [0.25, 0.3) is 0 Å². The highest BCUT2D eigenvalue weighted by atomic mass is 32.3. The van der Waals surface area contributed by atoms with Crippen LogP contribution < -0.4 is 0 Å². The average Bonchev–Trinajstić information content (AvgIpc) is 2.32. The van der Waals surface area contributed by atoms with Gasteiger partial charge < -0.3 is 10.0 Å². The second-order valence-electron chi connectivity index (χ2n) is 4.46. The average molecular weight is 249 g/mol. The number of hydrogen-bond donors (Lipinski definition) is 3. The molecule has 0 saturated carbocycles. The van der Waals surface area contributed by atoms with Crippen molar-refractivity contribution in [2.75, 3.05) is 0 Å². The van der Waals surface area contributed by atoms with Crippen molar-refractivity contribution in [1.82, 2.24) is 4.90 Å². The second-order valence-corrected chi connectivity index (χ2v) is 7.12. The zero-order valence-electron chi connectivity index (χ0n) is 9.08. The van der Waals surface area contributed by atoms with Crippen molar-refractivity contribution in [2.45, 2.75) is 42.9 Å². The maximum atomic E-state index is 11.4. The first-order valence-electron chi connectivity index (χ1n) is 5.08. The van der Waals surface area contributed by atoms with E-state index >= 15 is 0 Å². The third-order valence-electron chi connectivity index (χ3n) is 3.81. The number of carboxylic acids is 1. The van der Waals surface area contributed by atoms with Gasteiger partial charge in [0, 0.05) is 0 Å². The van der Waals surface area contributed by atoms with Crippen molar-refractivity contribution in [2.24, 2.45) is 0 Å². The van der Waals surface area contributed by atoms with Gasteiger partial charge in [-0.1, -0.05) is 6.92 Å². The highest BCUT2D eigenvalue weighted by Gasteiger charge is 2.68. The van der Waals surface area contributed by atoms with Gasteiger partial charge in [-0.3, -0.25) is 13.9 Å².